The Morgan fingerprint density at radius 3 is 1.31 bits per heavy atom. The van der Waals surface area contributed by atoms with E-state index in [0.717, 1.165) is 51.3 Å². The van der Waals surface area contributed by atoms with Gasteiger partial charge in [-0.2, -0.15) is 0 Å². The maximum Gasteiger partial charge on any atom is 0.488 e. The first-order valence-corrected chi connectivity index (χ1v) is 19.1. The molecule has 0 saturated carbocycles. The van der Waals surface area contributed by atoms with E-state index in [2.05, 4.69) is 30.9 Å². The molecule has 0 spiro atoms. The van der Waals surface area contributed by atoms with Crippen LogP contribution in [0.1, 0.15) is 31.1 Å². The van der Waals surface area contributed by atoms with Crippen molar-refractivity contribution in [1.82, 2.24) is 28.7 Å². The molecule has 0 aliphatic rings. The van der Waals surface area contributed by atoms with Crippen molar-refractivity contribution in [1.29, 1.82) is 0 Å². The van der Waals surface area contributed by atoms with Gasteiger partial charge in [-0.05, 0) is 50.7 Å². The Hall–Kier alpha value is -7.01. The van der Waals surface area contributed by atoms with Gasteiger partial charge in [0.15, 0.2) is 0 Å². The van der Waals surface area contributed by atoms with Crippen LogP contribution in [-0.4, -0.2) is 64.7 Å². The molecule has 306 valence electrons. The predicted octanol–water partition coefficient (Wildman–Crippen LogP) is 8.04. The topological polar surface area (TPSA) is 145 Å². The van der Waals surface area contributed by atoms with Crippen LogP contribution in [0.4, 0.5) is 13.2 Å². The highest BCUT2D eigenvalue weighted by molar-refractivity contribution is 9.10. The molecule has 0 atom stereocenters. The van der Waals surface area contributed by atoms with Gasteiger partial charge in [0.2, 0.25) is 0 Å². The van der Waals surface area contributed by atoms with E-state index in [1.807, 2.05) is 25.7 Å². The van der Waals surface area contributed by atoms with E-state index in [9.17, 15) is 27.6 Å². The number of nitrogens with zero attached hydrogens (tertiary/aromatic N) is 6. The lowest BCUT2D eigenvalue weighted by atomic mass is 9.80. The fraction of sp³-hybridized carbons (Fsp3) is 0.0667. The average molecular weight is 888 g/mol. The number of carbonyl (C=O) groups excluding carboxylic acids is 3. The number of carbonyl (C=O) groups is 3. The fourth-order valence-corrected chi connectivity index (χ4v) is 6.42. The van der Waals surface area contributed by atoms with E-state index in [4.69, 9.17) is 10.0 Å². The third kappa shape index (κ3) is 10.2. The maximum absolute atomic E-state index is 14.1. The van der Waals surface area contributed by atoms with E-state index in [0.29, 0.717) is 49.6 Å². The van der Waals surface area contributed by atoms with Crippen molar-refractivity contribution in [2.45, 2.75) is 0 Å². The molecule has 6 aromatic carbocycles. The number of benzene rings is 6. The van der Waals surface area contributed by atoms with Gasteiger partial charge in [0, 0.05) is 67.2 Å². The van der Waals surface area contributed by atoms with Crippen LogP contribution in [0.15, 0.2) is 133 Å². The van der Waals surface area contributed by atoms with Gasteiger partial charge in [0.25, 0.3) is 0 Å². The van der Waals surface area contributed by atoms with Crippen LogP contribution in [0.2, 0.25) is 0 Å². The number of aldehydes is 3. The first kappa shape index (κ1) is 43.6. The summed E-state index contributed by atoms with van der Waals surface area (Å²) in [4.78, 5) is 43.8. The lowest BCUT2D eigenvalue weighted by Gasteiger charge is -2.05. The van der Waals surface area contributed by atoms with E-state index >= 15 is 0 Å². The van der Waals surface area contributed by atoms with Crippen LogP contribution in [-0.2, 0) is 21.1 Å². The largest absolute Gasteiger partial charge is 0.488 e. The van der Waals surface area contributed by atoms with Crippen molar-refractivity contribution in [3.05, 3.63) is 167 Å². The Morgan fingerprint density at radius 1 is 0.508 bits per heavy atom. The number of aryl methyl sites for hydroxylation is 3. The zero-order chi connectivity index (χ0) is 43.8. The standard InChI is InChI=1S/2C15H11FN2O.C8H6BrFN2.C7H7BO3/c1-18-9-17-14-7-13(16)12(6-15(14)18)11-4-2-10(8-19)3-5-11;1-18-9-17-14-6-12(13(16)7-15(14)18)11-4-2-10(8-19)3-5-11;1-12-4-11-7-2-5(9)6(10)3-8(7)12;9-5-6-1-3-7(4-2-6)8(10)11/h2*2-9H,1H3;2-4H,1H3;1-5,10-11H. The summed E-state index contributed by atoms with van der Waals surface area (Å²) in [6.07, 6.45) is 7.21. The van der Waals surface area contributed by atoms with E-state index < -0.39 is 7.12 Å². The zero-order valence-electron chi connectivity index (χ0n) is 32.7. The van der Waals surface area contributed by atoms with Crippen LogP contribution in [0.3, 0.4) is 0 Å². The quantitative estimate of drug-likeness (QED) is 0.126. The molecular weight excluding hydrogens is 852 g/mol. The fourth-order valence-electron chi connectivity index (χ4n) is 6.09. The highest BCUT2D eigenvalue weighted by Crippen LogP contribution is 2.29. The lowest BCUT2D eigenvalue weighted by molar-refractivity contribution is 0.111. The number of hydrogen-bond donors (Lipinski definition) is 2. The molecule has 0 saturated heterocycles. The highest BCUT2D eigenvalue weighted by Gasteiger charge is 2.12. The normalized spacial score (nSPS) is 10.6. The molecule has 16 heteroatoms. The zero-order valence-corrected chi connectivity index (χ0v) is 34.3. The van der Waals surface area contributed by atoms with Crippen molar-refractivity contribution < 1.29 is 37.6 Å². The Bertz CT molecular complexity index is 2990. The van der Waals surface area contributed by atoms with Gasteiger partial charge in [-0.3, -0.25) is 14.4 Å². The SMILES string of the molecule is Cn1cnc2cc(-c3ccc(C=O)cc3)c(F)cc21.Cn1cnc2cc(Br)c(F)cc21.Cn1cnc2cc(F)c(-c3ccc(C=O)cc3)cc21.O=Cc1ccc(B(O)O)cc1. The molecule has 9 aromatic rings. The van der Waals surface area contributed by atoms with Crippen molar-refractivity contribution in [2.75, 3.05) is 0 Å². The first-order valence-electron chi connectivity index (χ1n) is 18.3. The average Bonchev–Trinajstić information content (AvgIpc) is 3.95. The number of aromatic nitrogens is 6. The summed E-state index contributed by atoms with van der Waals surface area (Å²) < 4.78 is 47.1. The minimum atomic E-state index is -1.46. The molecule has 3 aromatic heterocycles. The van der Waals surface area contributed by atoms with Gasteiger partial charge in [0.05, 0.1) is 56.6 Å². The Morgan fingerprint density at radius 2 is 0.869 bits per heavy atom. The second-order valence-corrected chi connectivity index (χ2v) is 14.5. The van der Waals surface area contributed by atoms with Crippen LogP contribution in [0, 0.1) is 17.5 Å². The third-order valence-corrected chi connectivity index (χ3v) is 10.1. The molecule has 0 aliphatic heterocycles. The number of rotatable bonds is 6. The molecule has 3 heterocycles. The van der Waals surface area contributed by atoms with E-state index in [-0.39, 0.29) is 17.5 Å². The second-order valence-electron chi connectivity index (χ2n) is 13.6. The molecule has 0 aliphatic carbocycles. The maximum atomic E-state index is 14.1. The van der Waals surface area contributed by atoms with Gasteiger partial charge in [-0.1, -0.05) is 72.8 Å². The molecular formula is C45H35BBrF3N6O5. The summed E-state index contributed by atoms with van der Waals surface area (Å²) in [5.74, 6) is -0.869. The smallest absolute Gasteiger partial charge is 0.423 e. The van der Waals surface area contributed by atoms with Gasteiger partial charge in [0.1, 0.15) is 36.3 Å². The van der Waals surface area contributed by atoms with Crippen LogP contribution < -0.4 is 5.46 Å². The Kier molecular flexibility index (Phi) is 13.8. The van der Waals surface area contributed by atoms with Crippen LogP contribution in [0.25, 0.3) is 55.4 Å². The summed E-state index contributed by atoms with van der Waals surface area (Å²) in [6.45, 7) is 0. The summed E-state index contributed by atoms with van der Waals surface area (Å²) in [5, 5.41) is 17.3. The van der Waals surface area contributed by atoms with Crippen molar-refractivity contribution in [3.63, 3.8) is 0 Å². The highest BCUT2D eigenvalue weighted by atomic mass is 79.9. The minimum absolute atomic E-state index is 0.258. The summed E-state index contributed by atoms with van der Waals surface area (Å²) in [7, 11) is 4.07. The van der Waals surface area contributed by atoms with Gasteiger partial charge in [-0.25, -0.2) is 28.1 Å². The molecule has 0 fully saturated rings. The summed E-state index contributed by atoms with van der Waals surface area (Å²) in [5.41, 5.74) is 9.13. The number of imidazole rings is 3. The number of halogens is 4. The molecule has 11 nitrogen and oxygen atoms in total. The van der Waals surface area contributed by atoms with Crippen molar-refractivity contribution in [2.24, 2.45) is 21.1 Å². The van der Waals surface area contributed by atoms with Crippen molar-refractivity contribution in [3.8, 4) is 22.3 Å². The van der Waals surface area contributed by atoms with E-state index in [1.54, 1.807) is 94.8 Å². The molecule has 0 bridgehead atoms. The van der Waals surface area contributed by atoms with Crippen LogP contribution in [0.5, 0.6) is 0 Å². The molecule has 0 unspecified atom stereocenters. The van der Waals surface area contributed by atoms with Crippen LogP contribution >= 0.6 is 15.9 Å². The van der Waals surface area contributed by atoms with Gasteiger partial charge >= 0.3 is 7.12 Å². The monoisotopic (exact) mass is 886 g/mol. The molecule has 0 radical (unpaired) electrons. The molecule has 0 amide bonds. The lowest BCUT2D eigenvalue weighted by Crippen LogP contribution is -2.29. The Balaban J connectivity index is 0.000000140. The summed E-state index contributed by atoms with van der Waals surface area (Å²) >= 11 is 3.10. The predicted molar refractivity (Wildman–Crippen MR) is 233 cm³/mol. The Labute approximate surface area is 355 Å². The summed E-state index contributed by atoms with van der Waals surface area (Å²) in [6, 6.07) is 29.2. The molecule has 9 rings (SSSR count). The number of fused-ring (bicyclic) bond motifs is 3. The third-order valence-electron chi connectivity index (χ3n) is 9.48. The van der Waals surface area contributed by atoms with Crippen molar-refractivity contribution >= 4 is 80.5 Å². The number of hydrogen-bond acceptors (Lipinski definition) is 8. The second kappa shape index (κ2) is 19.4. The molecule has 2 N–H and O–H groups in total. The first-order chi connectivity index (χ1) is 29.3. The van der Waals surface area contributed by atoms with E-state index in [1.165, 1.54) is 42.5 Å². The van der Waals surface area contributed by atoms with Gasteiger partial charge < -0.3 is 23.7 Å². The minimum Gasteiger partial charge on any atom is -0.423 e. The van der Waals surface area contributed by atoms with Gasteiger partial charge in [-0.15, -0.1) is 0 Å². The molecule has 61 heavy (non-hydrogen) atoms.